The van der Waals surface area contributed by atoms with E-state index in [0.29, 0.717) is 0 Å². The molecule has 0 radical (unpaired) electrons. The molecule has 4 aromatic heterocycles. The fourth-order valence-electron chi connectivity index (χ4n) is 3.63. The first kappa shape index (κ1) is 17.7. The number of anilines is 2. The lowest BCUT2D eigenvalue weighted by Crippen LogP contribution is -2.29. The van der Waals surface area contributed by atoms with E-state index in [9.17, 15) is 0 Å². The summed E-state index contributed by atoms with van der Waals surface area (Å²) < 4.78 is 6.68. The third kappa shape index (κ3) is 3.52. The van der Waals surface area contributed by atoms with E-state index in [1.807, 2.05) is 30.2 Å². The molecule has 0 spiro atoms. The monoisotopic (exact) mass is 411 g/mol. The Morgan fingerprint density at radius 3 is 2.89 bits per heavy atom. The number of thiazole rings is 1. The highest BCUT2D eigenvalue weighted by atomic mass is 32.1. The van der Waals surface area contributed by atoms with Crippen LogP contribution in [0.25, 0.3) is 17.0 Å². The molecule has 1 aliphatic rings. The van der Waals surface area contributed by atoms with Crippen LogP contribution in [0.15, 0.2) is 29.4 Å². The first-order chi connectivity index (χ1) is 13.8. The number of fused-ring (bicyclic) bond motifs is 1. The summed E-state index contributed by atoms with van der Waals surface area (Å²) in [5.41, 5.74) is 6.56. The number of imidazole rings is 1. The lowest BCUT2D eigenvalue weighted by atomic mass is 10.1. The zero-order valence-corrected chi connectivity index (χ0v) is 17.3. The number of nitrogens with one attached hydrogen (secondary N) is 1. The predicted octanol–water partition coefficient (Wildman–Crippen LogP) is 4.35. The number of likely N-dealkylation sites (tertiary alicyclic amines) is 1. The van der Waals surface area contributed by atoms with E-state index in [-0.39, 0.29) is 0 Å². The Bertz CT molecular complexity index is 1080. The Kier molecular flexibility index (Phi) is 4.79. The first-order valence-electron chi connectivity index (χ1n) is 9.44. The predicted molar refractivity (Wildman–Crippen MR) is 113 cm³/mol. The maximum absolute atomic E-state index is 4.67. The summed E-state index contributed by atoms with van der Waals surface area (Å²) in [6.45, 7) is 5.26. The van der Waals surface area contributed by atoms with Gasteiger partial charge in [-0.25, -0.2) is 15.0 Å². The Morgan fingerprint density at radius 1 is 1.18 bits per heavy atom. The van der Waals surface area contributed by atoms with Gasteiger partial charge in [-0.3, -0.25) is 9.30 Å². The summed E-state index contributed by atoms with van der Waals surface area (Å²) in [7, 11) is 0. The molecule has 1 aliphatic heterocycles. The van der Waals surface area contributed by atoms with Gasteiger partial charge in [0.05, 0.1) is 34.5 Å². The lowest BCUT2D eigenvalue weighted by Gasteiger charge is -2.25. The topological polar surface area (TPSA) is 71.2 Å². The number of piperidine rings is 1. The maximum Gasteiger partial charge on any atom is 0.181 e. The van der Waals surface area contributed by atoms with E-state index in [4.69, 9.17) is 0 Å². The summed E-state index contributed by atoms with van der Waals surface area (Å²) >= 11 is 3.06. The van der Waals surface area contributed by atoms with Gasteiger partial charge >= 0.3 is 0 Å². The number of hydrogen-bond donors (Lipinski definition) is 1. The molecule has 0 bridgehead atoms. The molecule has 9 heteroatoms. The third-order valence-corrected chi connectivity index (χ3v) is 6.27. The van der Waals surface area contributed by atoms with Crippen LogP contribution in [0.5, 0.6) is 0 Å². The zero-order valence-electron chi connectivity index (χ0n) is 15.6. The normalized spacial score (nSPS) is 15.3. The van der Waals surface area contributed by atoms with Crippen LogP contribution in [0.3, 0.4) is 0 Å². The molecule has 5 rings (SSSR count). The van der Waals surface area contributed by atoms with Gasteiger partial charge in [0.1, 0.15) is 5.00 Å². The molecule has 1 saturated heterocycles. The van der Waals surface area contributed by atoms with E-state index >= 15 is 0 Å². The van der Waals surface area contributed by atoms with Gasteiger partial charge in [-0.1, -0.05) is 6.42 Å². The average molecular weight is 412 g/mol. The largest absolute Gasteiger partial charge is 0.328 e. The summed E-state index contributed by atoms with van der Waals surface area (Å²) in [6.07, 6.45) is 7.79. The van der Waals surface area contributed by atoms with Crippen molar-refractivity contribution >= 4 is 39.3 Å². The van der Waals surface area contributed by atoms with E-state index in [1.165, 1.54) is 43.9 Å². The maximum atomic E-state index is 4.67. The summed E-state index contributed by atoms with van der Waals surface area (Å²) in [4.78, 5) is 16.2. The fourth-order valence-corrected chi connectivity index (χ4v) is 4.83. The third-order valence-electron chi connectivity index (χ3n) is 4.94. The van der Waals surface area contributed by atoms with Gasteiger partial charge in [0, 0.05) is 18.1 Å². The highest BCUT2D eigenvalue weighted by molar-refractivity contribution is 7.10. The highest BCUT2D eigenvalue weighted by Crippen LogP contribution is 2.28. The van der Waals surface area contributed by atoms with Gasteiger partial charge in [0.2, 0.25) is 0 Å². The molecule has 1 N–H and O–H groups in total. The van der Waals surface area contributed by atoms with Crippen molar-refractivity contribution in [3.05, 3.63) is 40.7 Å². The molecule has 4 aromatic rings. The van der Waals surface area contributed by atoms with Crippen LogP contribution in [0.4, 0.5) is 10.8 Å². The van der Waals surface area contributed by atoms with Crippen molar-refractivity contribution in [3.8, 4) is 11.4 Å². The Hall–Kier alpha value is -2.36. The van der Waals surface area contributed by atoms with E-state index in [2.05, 4.69) is 40.0 Å². The second-order valence-corrected chi connectivity index (χ2v) is 8.61. The molecule has 28 heavy (non-hydrogen) atoms. The van der Waals surface area contributed by atoms with Gasteiger partial charge in [0.25, 0.3) is 0 Å². The number of nitrogens with zero attached hydrogens (tertiary/aromatic N) is 6. The lowest BCUT2D eigenvalue weighted by molar-refractivity contribution is 0.219. The minimum atomic E-state index is 0.745. The SMILES string of the molecule is Cc1cn2c(-c3cscn3)cnc2c(Nc2cc(CN3CCCCC3)ns2)n1. The smallest absolute Gasteiger partial charge is 0.181 e. The van der Waals surface area contributed by atoms with Gasteiger partial charge in [-0.2, -0.15) is 4.37 Å². The van der Waals surface area contributed by atoms with Crippen molar-refractivity contribution in [2.24, 2.45) is 0 Å². The second kappa shape index (κ2) is 7.57. The molecule has 0 atom stereocenters. The average Bonchev–Trinajstić information content (AvgIpc) is 3.43. The van der Waals surface area contributed by atoms with Crippen molar-refractivity contribution in [2.75, 3.05) is 18.4 Å². The van der Waals surface area contributed by atoms with Crippen LogP contribution in [-0.4, -0.2) is 41.7 Å². The number of aromatic nitrogens is 5. The molecule has 1 fully saturated rings. The first-order valence-corrected chi connectivity index (χ1v) is 11.2. The number of hydrogen-bond acceptors (Lipinski definition) is 8. The molecule has 0 saturated carbocycles. The van der Waals surface area contributed by atoms with Crippen LogP contribution in [0.2, 0.25) is 0 Å². The number of aryl methyl sites for hydroxylation is 1. The molecule has 5 heterocycles. The molecule has 144 valence electrons. The van der Waals surface area contributed by atoms with Crippen molar-refractivity contribution in [3.63, 3.8) is 0 Å². The van der Waals surface area contributed by atoms with E-state index < -0.39 is 0 Å². The van der Waals surface area contributed by atoms with Gasteiger partial charge in [-0.05, 0) is 50.5 Å². The van der Waals surface area contributed by atoms with E-state index in [0.717, 1.165) is 45.8 Å². The van der Waals surface area contributed by atoms with Gasteiger partial charge in [-0.15, -0.1) is 11.3 Å². The molecule has 0 aliphatic carbocycles. The van der Waals surface area contributed by atoms with Gasteiger partial charge in [0.15, 0.2) is 11.5 Å². The molecule has 0 unspecified atom stereocenters. The van der Waals surface area contributed by atoms with Gasteiger partial charge < -0.3 is 5.32 Å². The zero-order chi connectivity index (χ0) is 18.9. The number of rotatable bonds is 5. The van der Waals surface area contributed by atoms with Crippen LogP contribution in [0.1, 0.15) is 30.7 Å². The Labute approximate surface area is 171 Å². The van der Waals surface area contributed by atoms with Crippen LogP contribution in [0, 0.1) is 6.92 Å². The van der Waals surface area contributed by atoms with Crippen LogP contribution >= 0.6 is 22.9 Å². The molecule has 0 amide bonds. The Balaban J connectivity index is 1.41. The summed E-state index contributed by atoms with van der Waals surface area (Å²) in [5.74, 6) is 0.745. The van der Waals surface area contributed by atoms with Crippen LogP contribution in [-0.2, 0) is 6.54 Å². The van der Waals surface area contributed by atoms with Crippen molar-refractivity contribution in [1.29, 1.82) is 0 Å². The standard InChI is InChI=1S/C19H21N7S2/c1-13-9-26-16(15-11-27-12-21-15)8-20-19(26)18(22-13)23-17-7-14(24-28-17)10-25-5-3-2-4-6-25/h7-9,11-12H,2-6,10H2,1H3,(H,22,23). The second-order valence-electron chi connectivity index (χ2n) is 7.09. The quantitative estimate of drug-likeness (QED) is 0.526. The molecular formula is C19H21N7S2. The Morgan fingerprint density at radius 2 is 2.07 bits per heavy atom. The summed E-state index contributed by atoms with van der Waals surface area (Å²) in [6, 6.07) is 2.13. The van der Waals surface area contributed by atoms with Crippen LogP contribution < -0.4 is 5.32 Å². The van der Waals surface area contributed by atoms with Crippen molar-refractivity contribution in [2.45, 2.75) is 32.7 Å². The minimum Gasteiger partial charge on any atom is -0.328 e. The molecular weight excluding hydrogens is 390 g/mol. The fraction of sp³-hybridized carbons (Fsp3) is 0.368. The van der Waals surface area contributed by atoms with E-state index in [1.54, 1.807) is 11.3 Å². The molecule has 7 nitrogen and oxygen atoms in total. The van der Waals surface area contributed by atoms with Crippen molar-refractivity contribution < 1.29 is 0 Å². The minimum absolute atomic E-state index is 0.745. The highest BCUT2D eigenvalue weighted by Gasteiger charge is 2.15. The molecule has 0 aromatic carbocycles. The van der Waals surface area contributed by atoms with Crippen molar-refractivity contribution in [1.82, 2.24) is 28.6 Å². The summed E-state index contributed by atoms with van der Waals surface area (Å²) in [5, 5.41) is 6.45.